The molecule has 5 nitrogen and oxygen atoms in total. The van der Waals surface area contributed by atoms with Gasteiger partial charge < -0.3 is 14.6 Å². The molecule has 0 saturated carbocycles. The summed E-state index contributed by atoms with van der Waals surface area (Å²) < 4.78 is 5.22. The molecule has 32 heavy (non-hydrogen) atoms. The van der Waals surface area contributed by atoms with Gasteiger partial charge in [-0.15, -0.1) is 0 Å². The van der Waals surface area contributed by atoms with Gasteiger partial charge in [0.15, 0.2) is 5.76 Å². The number of furan rings is 1. The van der Waals surface area contributed by atoms with Crippen molar-refractivity contribution in [3.05, 3.63) is 95.9 Å². The van der Waals surface area contributed by atoms with Crippen LogP contribution < -0.4 is 5.32 Å². The van der Waals surface area contributed by atoms with Crippen LogP contribution in [0.5, 0.6) is 0 Å². The smallest absolute Gasteiger partial charge is 0.289 e. The summed E-state index contributed by atoms with van der Waals surface area (Å²) >= 11 is 0. The molecule has 0 radical (unpaired) electrons. The molecule has 3 aromatic rings. The molecule has 1 aromatic heterocycles. The van der Waals surface area contributed by atoms with Gasteiger partial charge in [0.2, 0.25) is 5.91 Å². The van der Waals surface area contributed by atoms with Crippen molar-refractivity contribution in [3.63, 3.8) is 0 Å². The number of likely N-dealkylation sites (tertiary alicyclic amines) is 1. The molecule has 5 heteroatoms. The Morgan fingerprint density at radius 3 is 2.28 bits per heavy atom. The summed E-state index contributed by atoms with van der Waals surface area (Å²) in [5.74, 6) is 0.270. The number of nitrogens with zero attached hydrogens (tertiary/aromatic N) is 1. The normalized spacial score (nSPS) is 15.3. The van der Waals surface area contributed by atoms with E-state index in [1.54, 1.807) is 17.0 Å². The van der Waals surface area contributed by atoms with Crippen molar-refractivity contribution in [2.75, 3.05) is 13.1 Å². The lowest BCUT2D eigenvalue weighted by atomic mass is 9.93. The van der Waals surface area contributed by atoms with Gasteiger partial charge in [-0.25, -0.2) is 0 Å². The van der Waals surface area contributed by atoms with Crippen LogP contribution in [0.25, 0.3) is 0 Å². The van der Waals surface area contributed by atoms with Gasteiger partial charge in [-0.1, -0.05) is 60.7 Å². The summed E-state index contributed by atoms with van der Waals surface area (Å²) in [6.07, 6.45) is 5.73. The average Bonchev–Trinajstić information content (AvgIpc) is 3.39. The highest BCUT2D eigenvalue weighted by atomic mass is 16.3. The Balaban J connectivity index is 1.32. The second-order valence-electron chi connectivity index (χ2n) is 8.39. The van der Waals surface area contributed by atoms with Crippen molar-refractivity contribution in [2.45, 2.75) is 38.1 Å². The first-order valence-corrected chi connectivity index (χ1v) is 11.4. The van der Waals surface area contributed by atoms with Gasteiger partial charge in [0, 0.05) is 19.0 Å². The molecule has 1 atom stereocenters. The lowest BCUT2D eigenvalue weighted by Gasteiger charge is -2.32. The van der Waals surface area contributed by atoms with Crippen molar-refractivity contribution >= 4 is 11.8 Å². The van der Waals surface area contributed by atoms with Gasteiger partial charge in [-0.3, -0.25) is 9.59 Å². The first kappa shape index (κ1) is 21.9. The fourth-order valence-corrected chi connectivity index (χ4v) is 4.35. The van der Waals surface area contributed by atoms with E-state index in [2.05, 4.69) is 41.7 Å². The Morgan fingerprint density at radius 2 is 1.62 bits per heavy atom. The van der Waals surface area contributed by atoms with Crippen molar-refractivity contribution in [2.24, 2.45) is 5.92 Å². The summed E-state index contributed by atoms with van der Waals surface area (Å²) in [6.45, 7) is 1.14. The van der Waals surface area contributed by atoms with Gasteiger partial charge in [-0.2, -0.15) is 0 Å². The number of amides is 2. The van der Waals surface area contributed by atoms with Crippen LogP contribution in [0.1, 0.15) is 53.4 Å². The molecule has 2 amide bonds. The third kappa shape index (κ3) is 5.67. The van der Waals surface area contributed by atoms with Crippen LogP contribution in [0.15, 0.2) is 83.5 Å². The summed E-state index contributed by atoms with van der Waals surface area (Å²) in [4.78, 5) is 27.3. The molecule has 4 rings (SSSR count). The zero-order chi connectivity index (χ0) is 22.2. The van der Waals surface area contributed by atoms with Crippen molar-refractivity contribution in [3.8, 4) is 0 Å². The minimum Gasteiger partial charge on any atom is -0.459 e. The fourth-order valence-electron chi connectivity index (χ4n) is 4.35. The Morgan fingerprint density at radius 1 is 0.938 bits per heavy atom. The summed E-state index contributed by atoms with van der Waals surface area (Å²) in [5.41, 5.74) is 2.46. The SMILES string of the molecule is O=C(NC(CCCc1ccccc1)c1ccccc1)C1CCN(C(=O)c2ccco2)CC1. The van der Waals surface area contributed by atoms with Crippen LogP contribution in [0.2, 0.25) is 0 Å². The first-order chi connectivity index (χ1) is 15.7. The first-order valence-electron chi connectivity index (χ1n) is 11.4. The molecule has 1 aliphatic heterocycles. The number of piperidine rings is 1. The number of carbonyl (C=O) groups is 2. The van der Waals surface area contributed by atoms with Crippen LogP contribution in [-0.2, 0) is 11.2 Å². The number of benzene rings is 2. The summed E-state index contributed by atoms with van der Waals surface area (Å²) in [5, 5.41) is 3.30. The van der Waals surface area contributed by atoms with E-state index in [-0.39, 0.29) is 23.8 Å². The molecule has 2 aromatic carbocycles. The second-order valence-corrected chi connectivity index (χ2v) is 8.39. The molecule has 166 valence electrons. The van der Waals surface area contributed by atoms with E-state index in [1.807, 2.05) is 24.3 Å². The second kappa shape index (κ2) is 10.8. The number of carbonyl (C=O) groups excluding carboxylic acids is 2. The summed E-state index contributed by atoms with van der Waals surface area (Å²) in [7, 11) is 0. The molecule has 2 heterocycles. The maximum atomic E-state index is 13.1. The molecule has 1 saturated heterocycles. The van der Waals surface area contributed by atoms with Gasteiger partial charge >= 0.3 is 0 Å². The van der Waals surface area contributed by atoms with Crippen LogP contribution in [0.4, 0.5) is 0 Å². The van der Waals surface area contributed by atoms with Gasteiger partial charge in [-0.05, 0) is 55.4 Å². The fraction of sp³-hybridized carbons (Fsp3) is 0.333. The average molecular weight is 431 g/mol. The Labute approximate surface area is 189 Å². The minimum absolute atomic E-state index is 0.00445. The third-order valence-corrected chi connectivity index (χ3v) is 6.20. The quantitative estimate of drug-likeness (QED) is 0.546. The monoisotopic (exact) mass is 430 g/mol. The van der Waals surface area contributed by atoms with E-state index >= 15 is 0 Å². The van der Waals surface area contributed by atoms with Crippen LogP contribution >= 0.6 is 0 Å². The molecule has 1 N–H and O–H groups in total. The van der Waals surface area contributed by atoms with E-state index in [4.69, 9.17) is 4.42 Å². The highest BCUT2D eigenvalue weighted by Crippen LogP contribution is 2.24. The Hall–Kier alpha value is -3.34. The lowest BCUT2D eigenvalue weighted by Crippen LogP contribution is -2.43. The topological polar surface area (TPSA) is 62.6 Å². The van der Waals surface area contributed by atoms with E-state index in [0.29, 0.717) is 31.7 Å². The molecular weight excluding hydrogens is 400 g/mol. The number of nitrogens with one attached hydrogen (secondary N) is 1. The maximum Gasteiger partial charge on any atom is 0.289 e. The molecule has 0 spiro atoms. The largest absolute Gasteiger partial charge is 0.459 e. The zero-order valence-corrected chi connectivity index (χ0v) is 18.3. The maximum absolute atomic E-state index is 13.1. The standard InChI is InChI=1S/C27H30N2O3/c30-26(23-16-18-29(19-17-23)27(31)25-15-8-20-32-25)28-24(22-12-5-2-6-13-22)14-7-11-21-9-3-1-4-10-21/h1-6,8-10,12-13,15,20,23-24H,7,11,14,16-19H2,(H,28,30). The minimum atomic E-state index is -0.100. The van der Waals surface area contributed by atoms with Crippen molar-refractivity contribution < 1.29 is 14.0 Å². The predicted molar refractivity (Wildman–Crippen MR) is 124 cm³/mol. The van der Waals surface area contributed by atoms with Gasteiger partial charge in [0.05, 0.1) is 12.3 Å². The molecule has 1 unspecified atom stereocenters. The van der Waals surface area contributed by atoms with Gasteiger partial charge in [0.25, 0.3) is 5.91 Å². The summed E-state index contributed by atoms with van der Waals surface area (Å²) in [6, 6.07) is 24.0. The highest BCUT2D eigenvalue weighted by Gasteiger charge is 2.29. The van der Waals surface area contributed by atoms with E-state index in [9.17, 15) is 9.59 Å². The zero-order valence-electron chi connectivity index (χ0n) is 18.3. The molecule has 1 aliphatic rings. The molecular formula is C27H30N2O3. The van der Waals surface area contributed by atoms with Gasteiger partial charge in [0.1, 0.15) is 0 Å². The number of aryl methyl sites for hydroxylation is 1. The lowest BCUT2D eigenvalue weighted by molar-refractivity contribution is -0.127. The van der Waals surface area contributed by atoms with Crippen LogP contribution in [0, 0.1) is 5.92 Å². The molecule has 1 fully saturated rings. The molecule has 0 bridgehead atoms. The third-order valence-electron chi connectivity index (χ3n) is 6.20. The number of hydrogen-bond donors (Lipinski definition) is 1. The van der Waals surface area contributed by atoms with Crippen molar-refractivity contribution in [1.82, 2.24) is 10.2 Å². The number of rotatable bonds is 8. The number of hydrogen-bond acceptors (Lipinski definition) is 3. The van der Waals surface area contributed by atoms with Crippen LogP contribution in [-0.4, -0.2) is 29.8 Å². The molecule has 0 aliphatic carbocycles. The van der Waals surface area contributed by atoms with E-state index < -0.39 is 0 Å². The van der Waals surface area contributed by atoms with Crippen molar-refractivity contribution in [1.29, 1.82) is 0 Å². The van der Waals surface area contributed by atoms with E-state index in [1.165, 1.54) is 11.8 Å². The Kier molecular flexibility index (Phi) is 7.38. The van der Waals surface area contributed by atoms with E-state index in [0.717, 1.165) is 24.8 Å². The highest BCUT2D eigenvalue weighted by molar-refractivity contribution is 5.91. The van der Waals surface area contributed by atoms with Crippen LogP contribution in [0.3, 0.4) is 0 Å². The Bertz CT molecular complexity index is 978. The predicted octanol–water partition coefficient (Wildman–Crippen LogP) is 5.01.